The van der Waals surface area contributed by atoms with Crippen molar-refractivity contribution in [3.8, 4) is 11.5 Å². The van der Waals surface area contributed by atoms with Crippen LogP contribution in [0.3, 0.4) is 0 Å². The first kappa shape index (κ1) is 25.1. The number of carbonyl (C=O) groups is 1. The van der Waals surface area contributed by atoms with Gasteiger partial charge in [0.15, 0.2) is 5.78 Å². The zero-order chi connectivity index (χ0) is 23.7. The second kappa shape index (κ2) is 12.1. The maximum Gasteiger partial charge on any atom is 0.353 e. The number of hydrazine groups is 1. The van der Waals surface area contributed by atoms with Crippen molar-refractivity contribution in [1.82, 2.24) is 26.0 Å². The fourth-order valence-corrected chi connectivity index (χ4v) is 5.25. The number of pyridine rings is 1. The Kier molecular flexibility index (Phi) is 9.16. The van der Waals surface area contributed by atoms with Crippen molar-refractivity contribution in [3.05, 3.63) is 59.9 Å². The predicted octanol–water partition coefficient (Wildman–Crippen LogP) is 4.12. The Labute approximate surface area is 196 Å². The van der Waals surface area contributed by atoms with Crippen LogP contribution in [0.15, 0.2) is 58.4 Å². The molecule has 0 radical (unpaired) electrons. The van der Waals surface area contributed by atoms with Crippen molar-refractivity contribution in [1.29, 1.82) is 0 Å². The summed E-state index contributed by atoms with van der Waals surface area (Å²) in [4.78, 5) is 16.4. The highest BCUT2D eigenvalue weighted by Crippen LogP contribution is 2.59. The number of thioether (sulfide) groups is 1. The summed E-state index contributed by atoms with van der Waals surface area (Å²) in [6, 6.07) is 10.9. The van der Waals surface area contributed by atoms with E-state index in [1.54, 1.807) is 38.4 Å². The molecule has 1 amide bonds. The zero-order valence-corrected chi connectivity index (χ0v) is 20.3. The molecule has 0 saturated carbocycles. The highest BCUT2D eigenvalue weighted by atomic mass is 32.2. The fraction of sp³-hybridized carbons (Fsp3) is 0.333. The van der Waals surface area contributed by atoms with Gasteiger partial charge in [0.2, 0.25) is 11.8 Å². The van der Waals surface area contributed by atoms with Crippen molar-refractivity contribution in [2.75, 3.05) is 19.0 Å². The van der Waals surface area contributed by atoms with Crippen molar-refractivity contribution >= 4 is 25.3 Å². The lowest BCUT2D eigenvalue weighted by Crippen LogP contribution is -2.41. The Balaban J connectivity index is 1.64. The molecule has 3 rings (SSSR count). The summed E-state index contributed by atoms with van der Waals surface area (Å²) in [7, 11) is -3.61. The summed E-state index contributed by atoms with van der Waals surface area (Å²) < 4.78 is 30.0. The van der Waals surface area contributed by atoms with Crippen molar-refractivity contribution in [2.24, 2.45) is 0 Å². The highest BCUT2D eigenvalue weighted by molar-refractivity contribution is 7.99. The van der Waals surface area contributed by atoms with E-state index >= 15 is 0 Å². The van der Waals surface area contributed by atoms with Crippen LogP contribution < -0.4 is 10.9 Å². The van der Waals surface area contributed by atoms with Gasteiger partial charge in [-0.1, -0.05) is 41.6 Å². The molecule has 2 aromatic heterocycles. The van der Waals surface area contributed by atoms with E-state index < -0.39 is 13.4 Å². The molecule has 0 aliphatic carbocycles. The van der Waals surface area contributed by atoms with Crippen LogP contribution >= 0.6 is 19.4 Å². The number of carbonyl (C=O) groups excluding carboxylic acids is 1. The van der Waals surface area contributed by atoms with Gasteiger partial charge in [-0.05, 0) is 38.5 Å². The average molecular weight is 492 g/mol. The van der Waals surface area contributed by atoms with Crippen molar-refractivity contribution in [2.45, 2.75) is 31.8 Å². The minimum absolute atomic E-state index is 0.000826. The molecule has 0 spiro atoms. The molecule has 0 fully saturated rings. The third kappa shape index (κ3) is 6.96. The summed E-state index contributed by atoms with van der Waals surface area (Å²) in [6.07, 6.45) is 3.25. The molecule has 1 atom stereocenters. The standard InChI is InChI=1S/C21H26N5O5PS/c1-4-29-32(28,30-5-2)20(17-8-6-15(3)7-9-17)25-23-18(27)14-33-21-26-24-19(31-21)16-10-12-22-13-11-16/h6-13,20,25H,4-5,14H2,1-3H3,(H,23,27). The van der Waals surface area contributed by atoms with Crippen LogP contribution in [0, 0.1) is 6.92 Å². The molecule has 0 aliphatic rings. The molecule has 176 valence electrons. The maximum absolute atomic E-state index is 13.4. The Morgan fingerprint density at radius 1 is 1.09 bits per heavy atom. The first-order valence-electron chi connectivity index (χ1n) is 10.3. The SMILES string of the molecule is CCOP(=O)(OCC)C(NNC(=O)CSc1nnc(-c2ccncc2)o1)c1ccc(C)cc1. The number of amides is 1. The number of rotatable bonds is 12. The van der Waals surface area contributed by atoms with E-state index in [0.717, 1.165) is 22.9 Å². The zero-order valence-electron chi connectivity index (χ0n) is 18.6. The lowest BCUT2D eigenvalue weighted by atomic mass is 10.1. The molecule has 2 heterocycles. The van der Waals surface area contributed by atoms with Gasteiger partial charge in [-0.3, -0.25) is 19.8 Å². The second-order valence-corrected chi connectivity index (χ2v) is 9.82. The van der Waals surface area contributed by atoms with Gasteiger partial charge in [0, 0.05) is 18.0 Å². The first-order valence-corrected chi connectivity index (χ1v) is 12.9. The van der Waals surface area contributed by atoms with E-state index in [0.29, 0.717) is 11.5 Å². The average Bonchev–Trinajstić information content (AvgIpc) is 3.29. The lowest BCUT2D eigenvalue weighted by molar-refractivity contribution is -0.119. The van der Waals surface area contributed by atoms with Crippen LogP contribution in [0.5, 0.6) is 0 Å². The monoisotopic (exact) mass is 491 g/mol. The van der Waals surface area contributed by atoms with Gasteiger partial charge in [0.1, 0.15) is 0 Å². The number of nitrogens with one attached hydrogen (secondary N) is 2. The molecule has 2 N–H and O–H groups in total. The van der Waals surface area contributed by atoms with Gasteiger partial charge in [-0.2, -0.15) is 0 Å². The van der Waals surface area contributed by atoms with E-state index in [1.165, 1.54) is 0 Å². The molecule has 10 nitrogen and oxygen atoms in total. The number of benzene rings is 1. The van der Waals surface area contributed by atoms with Crippen LogP contribution in [-0.4, -0.2) is 40.1 Å². The van der Waals surface area contributed by atoms with E-state index in [4.69, 9.17) is 13.5 Å². The molecule has 1 aromatic carbocycles. The van der Waals surface area contributed by atoms with Gasteiger partial charge in [0.05, 0.1) is 19.0 Å². The summed E-state index contributed by atoms with van der Waals surface area (Å²) in [6.45, 7) is 5.81. The number of hydrogen-bond donors (Lipinski definition) is 2. The van der Waals surface area contributed by atoms with Crippen molar-refractivity contribution < 1.29 is 22.8 Å². The van der Waals surface area contributed by atoms with Gasteiger partial charge in [0.25, 0.3) is 5.22 Å². The molecule has 12 heteroatoms. The minimum atomic E-state index is -3.61. The second-order valence-electron chi connectivity index (χ2n) is 6.78. The van der Waals surface area contributed by atoms with E-state index in [9.17, 15) is 9.36 Å². The molecule has 3 aromatic rings. The molecule has 0 aliphatic heterocycles. The first-order chi connectivity index (χ1) is 15.9. The largest absolute Gasteiger partial charge is 0.411 e. The topological polar surface area (TPSA) is 128 Å². The van der Waals surface area contributed by atoms with Crippen molar-refractivity contribution in [3.63, 3.8) is 0 Å². The Hall–Kier alpha value is -2.56. The van der Waals surface area contributed by atoms with Crippen LogP contribution in [0.4, 0.5) is 0 Å². The number of aromatic nitrogens is 3. The lowest BCUT2D eigenvalue weighted by Gasteiger charge is -2.27. The molecule has 1 unspecified atom stereocenters. The van der Waals surface area contributed by atoms with Gasteiger partial charge in [-0.25, -0.2) is 5.43 Å². The normalized spacial score (nSPS) is 12.5. The Bertz CT molecular complexity index is 1070. The van der Waals surface area contributed by atoms with Crippen LogP contribution in [-0.2, 0) is 18.4 Å². The molecular formula is C21H26N5O5PS. The Morgan fingerprint density at radius 2 is 1.76 bits per heavy atom. The molecule has 33 heavy (non-hydrogen) atoms. The molecular weight excluding hydrogens is 465 g/mol. The van der Waals surface area contributed by atoms with E-state index in [2.05, 4.69) is 26.0 Å². The third-order valence-corrected chi connectivity index (χ3v) is 7.45. The number of aryl methyl sites for hydroxylation is 1. The molecule has 0 saturated heterocycles. The third-order valence-electron chi connectivity index (χ3n) is 4.34. The summed E-state index contributed by atoms with van der Waals surface area (Å²) in [5.74, 6) is -0.916. The number of nitrogens with zero attached hydrogens (tertiary/aromatic N) is 3. The fourth-order valence-electron chi connectivity index (χ4n) is 2.83. The quantitative estimate of drug-likeness (QED) is 0.217. The van der Waals surface area contributed by atoms with E-state index in [-0.39, 0.29) is 30.1 Å². The van der Waals surface area contributed by atoms with Gasteiger partial charge in [-0.15, -0.1) is 10.2 Å². The smallest absolute Gasteiger partial charge is 0.353 e. The summed E-state index contributed by atoms with van der Waals surface area (Å²) in [5.41, 5.74) is 7.87. The predicted molar refractivity (Wildman–Crippen MR) is 124 cm³/mol. The summed E-state index contributed by atoms with van der Waals surface area (Å²) >= 11 is 1.08. The van der Waals surface area contributed by atoms with Crippen LogP contribution in [0.1, 0.15) is 30.8 Å². The van der Waals surface area contributed by atoms with Gasteiger partial charge < -0.3 is 13.5 Å². The Morgan fingerprint density at radius 3 is 2.39 bits per heavy atom. The maximum atomic E-state index is 13.4. The number of hydrogen-bond acceptors (Lipinski definition) is 10. The van der Waals surface area contributed by atoms with Crippen LogP contribution in [0.2, 0.25) is 0 Å². The minimum Gasteiger partial charge on any atom is -0.411 e. The van der Waals surface area contributed by atoms with E-state index in [1.807, 2.05) is 31.2 Å². The molecule has 0 bridgehead atoms. The van der Waals surface area contributed by atoms with Crippen LogP contribution in [0.25, 0.3) is 11.5 Å². The summed E-state index contributed by atoms with van der Waals surface area (Å²) in [5, 5.41) is 8.17. The van der Waals surface area contributed by atoms with Gasteiger partial charge >= 0.3 is 7.60 Å². The highest BCUT2D eigenvalue weighted by Gasteiger charge is 2.37.